The van der Waals surface area contributed by atoms with E-state index in [0.717, 1.165) is 11.1 Å². The number of nitrogens with one attached hydrogen (secondary N) is 1. The number of carbonyl (C=O) groups excluding carboxylic acids is 1. The van der Waals surface area contributed by atoms with Gasteiger partial charge in [0.25, 0.3) is 5.91 Å². The summed E-state index contributed by atoms with van der Waals surface area (Å²) < 4.78 is 5.29. The van der Waals surface area contributed by atoms with Gasteiger partial charge in [-0.3, -0.25) is 4.79 Å². The Kier molecular flexibility index (Phi) is 5.15. The van der Waals surface area contributed by atoms with Gasteiger partial charge in [-0.2, -0.15) is 5.26 Å². The second kappa shape index (κ2) is 7.27. The van der Waals surface area contributed by atoms with Crippen molar-refractivity contribution in [2.24, 2.45) is 0 Å². The number of rotatable bonds is 5. The number of nitrogens with zero attached hydrogens (tertiary/aromatic N) is 2. The first-order chi connectivity index (χ1) is 11.1. The van der Waals surface area contributed by atoms with Gasteiger partial charge in [0.15, 0.2) is 0 Å². The first-order valence-electron chi connectivity index (χ1n) is 7.23. The highest BCUT2D eigenvalue weighted by Crippen LogP contribution is 2.22. The second-order valence-corrected chi connectivity index (χ2v) is 4.93. The largest absolute Gasteiger partial charge is 0.477 e. The number of aryl methyl sites for hydroxylation is 1. The summed E-state index contributed by atoms with van der Waals surface area (Å²) in [5.74, 6) is -0.290. The van der Waals surface area contributed by atoms with E-state index in [-0.39, 0.29) is 28.7 Å². The number of hydrogen-bond donors (Lipinski definition) is 2. The number of anilines is 1. The number of ether oxygens (including phenoxy) is 1. The molecule has 0 radical (unpaired) electrons. The van der Waals surface area contributed by atoms with Crippen molar-refractivity contribution in [2.45, 2.75) is 20.4 Å². The van der Waals surface area contributed by atoms with Crippen molar-refractivity contribution >= 4 is 11.6 Å². The average Bonchev–Trinajstić information content (AvgIpc) is 2.54. The van der Waals surface area contributed by atoms with E-state index in [0.29, 0.717) is 13.2 Å². The van der Waals surface area contributed by atoms with E-state index in [2.05, 4.69) is 10.3 Å². The molecule has 0 aliphatic carbocycles. The van der Waals surface area contributed by atoms with Crippen molar-refractivity contribution in [2.75, 3.05) is 12.3 Å². The summed E-state index contributed by atoms with van der Waals surface area (Å²) in [5, 5.41) is 11.9. The van der Waals surface area contributed by atoms with Crippen LogP contribution in [0.2, 0.25) is 0 Å². The Morgan fingerprint density at radius 1 is 1.43 bits per heavy atom. The molecule has 0 unspecified atom stereocenters. The fourth-order valence-corrected chi connectivity index (χ4v) is 2.08. The van der Waals surface area contributed by atoms with Crippen LogP contribution >= 0.6 is 0 Å². The molecular weight excluding hydrogens is 292 g/mol. The molecule has 1 amide bonds. The summed E-state index contributed by atoms with van der Waals surface area (Å²) >= 11 is 0. The molecule has 0 saturated heterocycles. The number of amides is 1. The molecule has 1 heterocycles. The molecule has 2 rings (SSSR count). The van der Waals surface area contributed by atoms with Crippen molar-refractivity contribution in [3.63, 3.8) is 0 Å². The molecule has 0 saturated carbocycles. The predicted octanol–water partition coefficient (Wildman–Crippen LogP) is 2.17. The Bertz CT molecular complexity index is 766. The highest BCUT2D eigenvalue weighted by molar-refractivity contribution is 5.93. The molecule has 118 valence electrons. The van der Waals surface area contributed by atoms with Gasteiger partial charge in [0.1, 0.15) is 17.3 Å². The van der Waals surface area contributed by atoms with Gasteiger partial charge < -0.3 is 15.8 Å². The van der Waals surface area contributed by atoms with Crippen LogP contribution in [0.3, 0.4) is 0 Å². The summed E-state index contributed by atoms with van der Waals surface area (Å²) in [7, 11) is 0. The van der Waals surface area contributed by atoms with E-state index in [1.165, 1.54) is 6.07 Å². The fraction of sp³-hybridized carbons (Fsp3) is 0.235. The minimum Gasteiger partial charge on any atom is -0.477 e. The Morgan fingerprint density at radius 2 is 2.17 bits per heavy atom. The van der Waals surface area contributed by atoms with Gasteiger partial charge in [-0.1, -0.05) is 24.3 Å². The number of carbonyl (C=O) groups is 1. The monoisotopic (exact) mass is 310 g/mol. The molecular formula is C17H18N4O2. The van der Waals surface area contributed by atoms with Gasteiger partial charge in [0.2, 0.25) is 5.88 Å². The van der Waals surface area contributed by atoms with Gasteiger partial charge in [-0.25, -0.2) is 4.98 Å². The van der Waals surface area contributed by atoms with Crippen LogP contribution in [0.5, 0.6) is 5.88 Å². The lowest BCUT2D eigenvalue weighted by atomic mass is 10.1. The highest BCUT2D eigenvalue weighted by Gasteiger charge is 2.16. The maximum Gasteiger partial charge on any atom is 0.270 e. The normalized spacial score (nSPS) is 9.96. The third-order valence-corrected chi connectivity index (χ3v) is 3.34. The smallest absolute Gasteiger partial charge is 0.270 e. The minimum absolute atomic E-state index is 0.0797. The van der Waals surface area contributed by atoms with Crippen LogP contribution < -0.4 is 15.8 Å². The molecule has 0 spiro atoms. The molecule has 3 N–H and O–H groups in total. The lowest BCUT2D eigenvalue weighted by molar-refractivity contribution is 0.0944. The zero-order valence-corrected chi connectivity index (χ0v) is 13.1. The third kappa shape index (κ3) is 3.77. The van der Waals surface area contributed by atoms with Crippen LogP contribution in [-0.2, 0) is 6.54 Å². The number of aromatic nitrogens is 1. The molecule has 6 heteroatoms. The minimum atomic E-state index is -0.370. The Hall–Kier alpha value is -3.07. The van der Waals surface area contributed by atoms with E-state index in [4.69, 9.17) is 15.7 Å². The second-order valence-electron chi connectivity index (χ2n) is 4.93. The van der Waals surface area contributed by atoms with Crippen LogP contribution in [-0.4, -0.2) is 17.5 Å². The van der Waals surface area contributed by atoms with Crippen LogP contribution in [0.15, 0.2) is 30.3 Å². The molecule has 0 aliphatic heterocycles. The SMILES string of the molecule is CCOc1nc(C(=O)NCc2ccccc2C)cc(N)c1C#N. The van der Waals surface area contributed by atoms with Gasteiger partial charge in [-0.15, -0.1) is 0 Å². The maximum absolute atomic E-state index is 12.3. The lowest BCUT2D eigenvalue weighted by Gasteiger charge is -2.11. The average molecular weight is 310 g/mol. The molecule has 23 heavy (non-hydrogen) atoms. The van der Waals surface area contributed by atoms with Crippen LogP contribution in [0.25, 0.3) is 0 Å². The molecule has 0 fully saturated rings. The molecule has 0 bridgehead atoms. The van der Waals surface area contributed by atoms with E-state index < -0.39 is 0 Å². The van der Waals surface area contributed by atoms with Crippen molar-refractivity contribution in [3.8, 4) is 11.9 Å². The van der Waals surface area contributed by atoms with Crippen molar-refractivity contribution < 1.29 is 9.53 Å². The van der Waals surface area contributed by atoms with E-state index in [9.17, 15) is 4.79 Å². The molecule has 1 aromatic carbocycles. The Labute approximate surface area is 134 Å². The van der Waals surface area contributed by atoms with Crippen LogP contribution in [0.4, 0.5) is 5.69 Å². The summed E-state index contributed by atoms with van der Waals surface area (Å²) in [6.45, 7) is 4.46. The van der Waals surface area contributed by atoms with E-state index in [1.54, 1.807) is 6.92 Å². The molecule has 1 aromatic heterocycles. The molecule has 0 atom stereocenters. The zero-order chi connectivity index (χ0) is 16.8. The number of nitrogens with two attached hydrogens (primary N) is 1. The summed E-state index contributed by atoms with van der Waals surface area (Å²) in [6.07, 6.45) is 0. The summed E-state index contributed by atoms with van der Waals surface area (Å²) in [6, 6.07) is 11.1. The lowest BCUT2D eigenvalue weighted by Crippen LogP contribution is -2.24. The Balaban J connectivity index is 2.19. The van der Waals surface area contributed by atoms with Gasteiger partial charge in [0.05, 0.1) is 12.3 Å². The summed E-state index contributed by atoms with van der Waals surface area (Å²) in [5.41, 5.74) is 8.36. The number of benzene rings is 1. The van der Waals surface area contributed by atoms with E-state index in [1.807, 2.05) is 37.3 Å². The summed E-state index contributed by atoms with van der Waals surface area (Å²) in [4.78, 5) is 16.4. The number of pyridine rings is 1. The third-order valence-electron chi connectivity index (χ3n) is 3.34. The van der Waals surface area contributed by atoms with Crippen molar-refractivity contribution in [3.05, 3.63) is 52.7 Å². The first kappa shape index (κ1) is 16.3. The Morgan fingerprint density at radius 3 is 2.83 bits per heavy atom. The van der Waals surface area contributed by atoms with E-state index >= 15 is 0 Å². The number of nitriles is 1. The predicted molar refractivity (Wildman–Crippen MR) is 86.9 cm³/mol. The molecule has 6 nitrogen and oxygen atoms in total. The quantitative estimate of drug-likeness (QED) is 0.881. The number of hydrogen-bond acceptors (Lipinski definition) is 5. The van der Waals surface area contributed by atoms with Gasteiger partial charge in [-0.05, 0) is 31.0 Å². The highest BCUT2D eigenvalue weighted by atomic mass is 16.5. The van der Waals surface area contributed by atoms with Crippen molar-refractivity contribution in [1.82, 2.24) is 10.3 Å². The van der Waals surface area contributed by atoms with Crippen molar-refractivity contribution in [1.29, 1.82) is 5.26 Å². The van der Waals surface area contributed by atoms with Gasteiger partial charge >= 0.3 is 0 Å². The first-order valence-corrected chi connectivity index (χ1v) is 7.23. The van der Waals surface area contributed by atoms with Crippen LogP contribution in [0.1, 0.15) is 34.1 Å². The van der Waals surface area contributed by atoms with Gasteiger partial charge in [0, 0.05) is 6.54 Å². The maximum atomic E-state index is 12.3. The zero-order valence-electron chi connectivity index (χ0n) is 13.1. The fourth-order valence-electron chi connectivity index (χ4n) is 2.08. The molecule has 2 aromatic rings. The topological polar surface area (TPSA) is 101 Å². The standard InChI is InChI=1S/C17H18N4O2/c1-3-23-17-13(9-18)14(19)8-15(21-17)16(22)20-10-12-7-5-4-6-11(12)2/h4-8H,3,10H2,1-2H3,(H2,19,21)(H,20,22). The van der Waals surface area contributed by atoms with Crippen LogP contribution in [0, 0.1) is 18.3 Å². The number of nitrogen functional groups attached to an aromatic ring is 1. The molecule has 0 aliphatic rings.